The lowest BCUT2D eigenvalue weighted by atomic mass is 10.2. The zero-order chi connectivity index (χ0) is 17.6. The molecule has 1 amide bonds. The van der Waals surface area contributed by atoms with E-state index in [1.807, 2.05) is 0 Å². The number of carbonyl (C=O) groups is 1. The summed E-state index contributed by atoms with van der Waals surface area (Å²) in [7, 11) is 1.58. The normalized spacial score (nSPS) is 10.5. The molecule has 3 aromatic rings. The van der Waals surface area contributed by atoms with Gasteiger partial charge in [0.2, 0.25) is 17.6 Å². The summed E-state index contributed by atoms with van der Waals surface area (Å²) < 4.78 is 23.4. The highest BCUT2D eigenvalue weighted by molar-refractivity contribution is 5.90. The minimum Gasteiger partial charge on any atom is -0.497 e. The Bertz CT molecular complexity index is 862. The number of carbonyl (C=O) groups excluding carboxylic acids is 1. The molecular formula is C18H16FN3O3. The van der Waals surface area contributed by atoms with Gasteiger partial charge in [0.05, 0.1) is 7.11 Å². The van der Waals surface area contributed by atoms with E-state index in [0.29, 0.717) is 35.1 Å². The number of ether oxygens (including phenoxy) is 1. The number of nitrogens with zero attached hydrogens (tertiary/aromatic N) is 2. The summed E-state index contributed by atoms with van der Waals surface area (Å²) in [6.07, 6.45) is 0.487. The third kappa shape index (κ3) is 4.41. The third-order valence-corrected chi connectivity index (χ3v) is 3.49. The first kappa shape index (κ1) is 16.6. The lowest BCUT2D eigenvalue weighted by Gasteiger charge is -2.05. The molecule has 0 atom stereocenters. The molecule has 0 spiro atoms. The van der Waals surface area contributed by atoms with Gasteiger partial charge >= 0.3 is 0 Å². The van der Waals surface area contributed by atoms with Crippen LogP contribution in [-0.2, 0) is 11.2 Å². The van der Waals surface area contributed by atoms with Gasteiger partial charge in [-0.3, -0.25) is 4.79 Å². The van der Waals surface area contributed by atoms with Gasteiger partial charge in [-0.2, -0.15) is 4.98 Å². The van der Waals surface area contributed by atoms with E-state index in [1.54, 1.807) is 43.5 Å². The summed E-state index contributed by atoms with van der Waals surface area (Å²) in [5.41, 5.74) is 1.20. The van der Waals surface area contributed by atoms with Gasteiger partial charge in [0, 0.05) is 24.1 Å². The first-order valence-electron chi connectivity index (χ1n) is 7.66. The third-order valence-electron chi connectivity index (χ3n) is 3.49. The van der Waals surface area contributed by atoms with Crippen molar-refractivity contribution in [3.8, 4) is 17.1 Å². The first-order valence-corrected chi connectivity index (χ1v) is 7.66. The molecule has 3 rings (SSSR count). The van der Waals surface area contributed by atoms with E-state index in [9.17, 15) is 9.18 Å². The Morgan fingerprint density at radius 1 is 1.24 bits per heavy atom. The summed E-state index contributed by atoms with van der Waals surface area (Å²) in [6, 6.07) is 13.0. The fraction of sp³-hybridized carbons (Fsp3) is 0.167. The Hall–Kier alpha value is -3.22. The van der Waals surface area contributed by atoms with E-state index >= 15 is 0 Å². The van der Waals surface area contributed by atoms with Crippen LogP contribution in [0.15, 0.2) is 53.1 Å². The molecule has 1 heterocycles. The summed E-state index contributed by atoms with van der Waals surface area (Å²) in [6.45, 7) is 0. The quantitative estimate of drug-likeness (QED) is 0.743. The molecule has 0 saturated carbocycles. The fourth-order valence-corrected chi connectivity index (χ4v) is 2.22. The molecule has 6 nitrogen and oxygen atoms in total. The van der Waals surface area contributed by atoms with Crippen LogP contribution in [0.1, 0.15) is 12.3 Å². The van der Waals surface area contributed by atoms with Crippen LogP contribution in [-0.4, -0.2) is 23.2 Å². The Balaban J connectivity index is 1.55. The van der Waals surface area contributed by atoms with Gasteiger partial charge in [-0.15, -0.1) is 0 Å². The molecule has 2 aromatic carbocycles. The molecular weight excluding hydrogens is 325 g/mol. The van der Waals surface area contributed by atoms with E-state index in [4.69, 9.17) is 9.26 Å². The predicted molar refractivity (Wildman–Crippen MR) is 89.6 cm³/mol. The first-order chi connectivity index (χ1) is 12.1. The molecule has 0 aliphatic heterocycles. The highest BCUT2D eigenvalue weighted by Crippen LogP contribution is 2.18. The maximum atomic E-state index is 13.2. The van der Waals surface area contributed by atoms with Crippen LogP contribution in [0.2, 0.25) is 0 Å². The number of nitrogens with one attached hydrogen (secondary N) is 1. The van der Waals surface area contributed by atoms with Crippen molar-refractivity contribution in [3.05, 3.63) is 60.2 Å². The molecule has 0 radical (unpaired) electrons. The summed E-state index contributed by atoms with van der Waals surface area (Å²) in [5.74, 6) is 0.793. The lowest BCUT2D eigenvalue weighted by molar-refractivity contribution is -0.116. The summed E-state index contributed by atoms with van der Waals surface area (Å²) >= 11 is 0. The highest BCUT2D eigenvalue weighted by Gasteiger charge is 2.11. The second kappa shape index (κ2) is 7.57. The van der Waals surface area contributed by atoms with Gasteiger partial charge in [-0.1, -0.05) is 17.3 Å². The molecule has 1 N–H and O–H groups in total. The molecule has 0 saturated heterocycles. The number of methoxy groups -OCH3 is 1. The molecule has 0 aliphatic carbocycles. The average molecular weight is 341 g/mol. The Labute approximate surface area is 143 Å². The standard InChI is InChI=1S/C18H16FN3O3/c1-24-15-7-5-14(6-8-15)20-16(23)9-10-17-21-18(22-25-17)12-3-2-4-13(19)11-12/h2-8,11H,9-10H2,1H3,(H,20,23). The molecule has 0 aliphatic rings. The molecule has 7 heteroatoms. The van der Waals surface area contributed by atoms with Crippen molar-refractivity contribution in [2.75, 3.05) is 12.4 Å². The number of rotatable bonds is 6. The number of aryl methyl sites for hydroxylation is 1. The number of hydrogen-bond donors (Lipinski definition) is 1. The van der Waals surface area contributed by atoms with E-state index in [1.165, 1.54) is 12.1 Å². The molecule has 128 valence electrons. The van der Waals surface area contributed by atoms with Crippen LogP contribution in [0.25, 0.3) is 11.4 Å². The smallest absolute Gasteiger partial charge is 0.227 e. The maximum Gasteiger partial charge on any atom is 0.227 e. The Morgan fingerprint density at radius 3 is 2.76 bits per heavy atom. The number of amides is 1. The van der Waals surface area contributed by atoms with Crippen molar-refractivity contribution in [3.63, 3.8) is 0 Å². The van der Waals surface area contributed by atoms with Crippen molar-refractivity contribution in [2.45, 2.75) is 12.8 Å². The Morgan fingerprint density at radius 2 is 2.04 bits per heavy atom. The van der Waals surface area contributed by atoms with Crippen molar-refractivity contribution in [1.82, 2.24) is 10.1 Å². The van der Waals surface area contributed by atoms with Gasteiger partial charge < -0.3 is 14.6 Å². The van der Waals surface area contributed by atoms with Crippen LogP contribution in [0.5, 0.6) is 5.75 Å². The van der Waals surface area contributed by atoms with Crippen LogP contribution in [0.4, 0.5) is 10.1 Å². The van der Waals surface area contributed by atoms with E-state index < -0.39 is 0 Å². The van der Waals surface area contributed by atoms with Crippen molar-refractivity contribution >= 4 is 11.6 Å². The summed E-state index contributed by atoms with van der Waals surface area (Å²) in [5, 5.41) is 6.59. The number of aromatic nitrogens is 2. The van der Waals surface area contributed by atoms with Gasteiger partial charge in [0.1, 0.15) is 11.6 Å². The zero-order valence-corrected chi connectivity index (χ0v) is 13.5. The van der Waals surface area contributed by atoms with E-state index in [0.717, 1.165) is 0 Å². The molecule has 1 aromatic heterocycles. The number of anilines is 1. The minimum atomic E-state index is -0.372. The second-order valence-electron chi connectivity index (χ2n) is 5.30. The average Bonchev–Trinajstić information content (AvgIpc) is 3.10. The van der Waals surface area contributed by atoms with Crippen molar-refractivity contribution < 1.29 is 18.4 Å². The molecule has 25 heavy (non-hydrogen) atoms. The largest absolute Gasteiger partial charge is 0.497 e. The number of benzene rings is 2. The molecule has 0 unspecified atom stereocenters. The van der Waals surface area contributed by atoms with Gasteiger partial charge in [-0.25, -0.2) is 4.39 Å². The van der Waals surface area contributed by atoms with Crippen LogP contribution in [0, 0.1) is 5.82 Å². The monoisotopic (exact) mass is 341 g/mol. The molecule has 0 bridgehead atoms. The lowest BCUT2D eigenvalue weighted by Crippen LogP contribution is -2.12. The van der Waals surface area contributed by atoms with E-state index in [2.05, 4.69) is 15.5 Å². The van der Waals surface area contributed by atoms with Crippen LogP contribution >= 0.6 is 0 Å². The van der Waals surface area contributed by atoms with Crippen molar-refractivity contribution in [2.24, 2.45) is 0 Å². The number of hydrogen-bond acceptors (Lipinski definition) is 5. The van der Waals surface area contributed by atoms with Crippen LogP contribution in [0.3, 0.4) is 0 Å². The summed E-state index contributed by atoms with van der Waals surface area (Å²) in [4.78, 5) is 16.2. The minimum absolute atomic E-state index is 0.171. The van der Waals surface area contributed by atoms with Gasteiger partial charge in [0.15, 0.2) is 0 Å². The van der Waals surface area contributed by atoms with Gasteiger partial charge in [0.25, 0.3) is 0 Å². The molecule has 0 fully saturated rings. The maximum absolute atomic E-state index is 13.2. The zero-order valence-electron chi connectivity index (χ0n) is 13.5. The van der Waals surface area contributed by atoms with E-state index in [-0.39, 0.29) is 18.1 Å². The van der Waals surface area contributed by atoms with Gasteiger partial charge in [-0.05, 0) is 36.4 Å². The van der Waals surface area contributed by atoms with Crippen LogP contribution < -0.4 is 10.1 Å². The van der Waals surface area contributed by atoms with Crippen molar-refractivity contribution in [1.29, 1.82) is 0 Å². The number of halogens is 1. The second-order valence-corrected chi connectivity index (χ2v) is 5.30. The Kier molecular flexibility index (Phi) is 5.03. The SMILES string of the molecule is COc1ccc(NC(=O)CCc2nc(-c3cccc(F)c3)no2)cc1. The topological polar surface area (TPSA) is 77.2 Å². The predicted octanol–water partition coefficient (Wildman–Crippen LogP) is 3.46. The highest BCUT2D eigenvalue weighted by atomic mass is 19.1. The fourth-order valence-electron chi connectivity index (χ4n) is 2.22.